The van der Waals surface area contributed by atoms with Gasteiger partial charge in [0, 0.05) is 32.8 Å². The Hall–Kier alpha value is -2.78. The summed E-state index contributed by atoms with van der Waals surface area (Å²) in [6.45, 7) is 7.42. The van der Waals surface area contributed by atoms with E-state index < -0.39 is 11.9 Å². The van der Waals surface area contributed by atoms with Gasteiger partial charge in [0.1, 0.15) is 0 Å². The Labute approximate surface area is 225 Å². The number of nitrogens with zero attached hydrogens (tertiary/aromatic N) is 3. The van der Waals surface area contributed by atoms with E-state index in [0.29, 0.717) is 38.5 Å². The van der Waals surface area contributed by atoms with Crippen LogP contribution in [0.15, 0.2) is 54.6 Å². The van der Waals surface area contributed by atoms with E-state index in [-0.39, 0.29) is 18.5 Å². The summed E-state index contributed by atoms with van der Waals surface area (Å²) in [5.74, 6) is 0.181. The number of ether oxygens (including phenoxy) is 3. The van der Waals surface area contributed by atoms with Gasteiger partial charge in [-0.2, -0.15) is 5.10 Å². The number of aromatic nitrogens is 2. The molecule has 0 bridgehead atoms. The number of aliphatic hydroxyl groups is 1. The van der Waals surface area contributed by atoms with Crippen LogP contribution >= 0.6 is 0 Å². The maximum absolute atomic E-state index is 14.7. The highest BCUT2D eigenvalue weighted by Gasteiger charge is 2.27. The second-order valence-corrected chi connectivity index (χ2v) is 9.78. The zero-order valence-electron chi connectivity index (χ0n) is 22.5. The second kappa shape index (κ2) is 14.4. The number of hydrogen-bond donors (Lipinski definition) is 1. The molecule has 1 aromatic heterocycles. The summed E-state index contributed by atoms with van der Waals surface area (Å²) in [7, 11) is 0. The molecular formula is C30H40FN3O4. The van der Waals surface area contributed by atoms with Gasteiger partial charge in [-0.25, -0.2) is 9.07 Å². The molecule has 0 spiro atoms. The lowest BCUT2D eigenvalue weighted by Crippen LogP contribution is -2.39. The smallest absolute Gasteiger partial charge is 0.227 e. The first kappa shape index (κ1) is 28.2. The average molecular weight is 526 g/mol. The minimum absolute atomic E-state index is 0.105. The third kappa shape index (κ3) is 7.63. The molecule has 2 aromatic carbocycles. The molecule has 1 aliphatic heterocycles. The first-order valence-corrected chi connectivity index (χ1v) is 13.8. The molecule has 8 heteroatoms. The lowest BCUT2D eigenvalue weighted by atomic mass is 10.1. The standard InChI is InChI=1S/C30H40FN3O4/c1-3-5-17-36-22-24(35)19-33(20-25-14-11-18-37-25)21-26-28(4-2)32-34(23-12-7-6-8-13-23)30(26)38-29-16-10-9-15-27(29)31/h6-10,12-13,15-16,24-25,35H,3-5,11,14,17-22H2,1-2H3/t24-,25+/m0/s1. The highest BCUT2D eigenvalue weighted by molar-refractivity contribution is 5.44. The van der Waals surface area contributed by atoms with Crippen LogP contribution in [-0.2, 0) is 22.4 Å². The van der Waals surface area contributed by atoms with E-state index in [1.54, 1.807) is 22.9 Å². The minimum Gasteiger partial charge on any atom is -0.435 e. The van der Waals surface area contributed by atoms with Crippen molar-refractivity contribution in [3.05, 3.63) is 71.7 Å². The van der Waals surface area contributed by atoms with Crippen molar-refractivity contribution >= 4 is 0 Å². The number of rotatable bonds is 15. The second-order valence-electron chi connectivity index (χ2n) is 9.78. The SMILES string of the molecule is CCCCOC[C@@H](O)CN(Cc1c(CC)nn(-c2ccccc2)c1Oc1ccccc1F)C[C@H]1CCCO1. The molecule has 7 nitrogen and oxygen atoms in total. The van der Waals surface area contributed by atoms with Gasteiger partial charge in [0.05, 0.1) is 35.8 Å². The predicted octanol–water partition coefficient (Wildman–Crippen LogP) is 5.52. The number of aliphatic hydroxyl groups excluding tert-OH is 1. The van der Waals surface area contributed by atoms with E-state index in [0.717, 1.165) is 49.2 Å². The summed E-state index contributed by atoms with van der Waals surface area (Å²) in [5.41, 5.74) is 2.57. The third-order valence-electron chi connectivity index (χ3n) is 6.69. The lowest BCUT2D eigenvalue weighted by Gasteiger charge is -2.28. The normalized spacial score (nSPS) is 16.3. The number of para-hydroxylation sites is 2. The van der Waals surface area contributed by atoms with Crippen LogP contribution in [0.4, 0.5) is 4.39 Å². The Morgan fingerprint density at radius 2 is 1.95 bits per heavy atom. The summed E-state index contributed by atoms with van der Waals surface area (Å²) in [6.07, 6.45) is 4.20. The summed E-state index contributed by atoms with van der Waals surface area (Å²) in [4.78, 5) is 2.18. The maximum Gasteiger partial charge on any atom is 0.227 e. The van der Waals surface area contributed by atoms with Crippen LogP contribution in [0.5, 0.6) is 11.6 Å². The Morgan fingerprint density at radius 1 is 1.16 bits per heavy atom. The van der Waals surface area contributed by atoms with Gasteiger partial charge in [-0.15, -0.1) is 0 Å². The van der Waals surface area contributed by atoms with E-state index >= 15 is 0 Å². The fraction of sp³-hybridized carbons (Fsp3) is 0.500. The number of benzene rings is 2. The van der Waals surface area contributed by atoms with Crippen LogP contribution in [0.1, 0.15) is 50.8 Å². The van der Waals surface area contributed by atoms with Gasteiger partial charge in [0.15, 0.2) is 11.6 Å². The maximum atomic E-state index is 14.7. The van der Waals surface area contributed by atoms with Crippen molar-refractivity contribution in [2.75, 3.05) is 32.9 Å². The molecule has 1 fully saturated rings. The van der Waals surface area contributed by atoms with Crippen LogP contribution in [0.2, 0.25) is 0 Å². The van der Waals surface area contributed by atoms with Crippen molar-refractivity contribution in [1.29, 1.82) is 0 Å². The molecule has 0 aliphatic carbocycles. The zero-order chi connectivity index (χ0) is 26.7. The number of aryl methyl sites for hydroxylation is 1. The van der Waals surface area contributed by atoms with Crippen molar-refractivity contribution < 1.29 is 23.7 Å². The topological polar surface area (TPSA) is 69.0 Å². The van der Waals surface area contributed by atoms with Gasteiger partial charge in [0.2, 0.25) is 5.88 Å². The monoisotopic (exact) mass is 525 g/mol. The van der Waals surface area contributed by atoms with Gasteiger partial charge in [-0.1, -0.05) is 50.6 Å². The van der Waals surface area contributed by atoms with Crippen LogP contribution in [0.25, 0.3) is 5.69 Å². The number of hydrogen-bond acceptors (Lipinski definition) is 6. The first-order valence-electron chi connectivity index (χ1n) is 13.8. The Balaban J connectivity index is 1.65. The highest BCUT2D eigenvalue weighted by Crippen LogP contribution is 2.33. The summed E-state index contributed by atoms with van der Waals surface area (Å²) in [6, 6.07) is 16.1. The molecule has 0 unspecified atom stereocenters. The zero-order valence-corrected chi connectivity index (χ0v) is 22.5. The minimum atomic E-state index is -0.640. The third-order valence-corrected chi connectivity index (χ3v) is 6.69. The molecule has 0 saturated carbocycles. The fourth-order valence-corrected chi connectivity index (χ4v) is 4.72. The van der Waals surface area contributed by atoms with Crippen molar-refractivity contribution in [3.8, 4) is 17.3 Å². The molecule has 2 heterocycles. The van der Waals surface area contributed by atoms with Gasteiger partial charge >= 0.3 is 0 Å². The largest absolute Gasteiger partial charge is 0.435 e. The summed E-state index contributed by atoms with van der Waals surface area (Å²) < 4.78 is 34.3. The first-order chi connectivity index (χ1) is 18.6. The molecule has 0 amide bonds. The van der Waals surface area contributed by atoms with Crippen LogP contribution in [0, 0.1) is 5.82 Å². The van der Waals surface area contributed by atoms with Crippen molar-refractivity contribution in [1.82, 2.24) is 14.7 Å². The predicted molar refractivity (Wildman–Crippen MR) is 145 cm³/mol. The molecular weight excluding hydrogens is 485 g/mol. The summed E-state index contributed by atoms with van der Waals surface area (Å²) in [5, 5.41) is 15.7. The van der Waals surface area contributed by atoms with E-state index in [4.69, 9.17) is 19.3 Å². The van der Waals surface area contributed by atoms with E-state index in [9.17, 15) is 9.50 Å². The molecule has 0 radical (unpaired) electrons. The molecule has 206 valence electrons. The fourth-order valence-electron chi connectivity index (χ4n) is 4.72. The molecule has 4 rings (SSSR count). The number of unbranched alkanes of at least 4 members (excludes halogenated alkanes) is 1. The number of halogens is 1. The van der Waals surface area contributed by atoms with Crippen molar-refractivity contribution in [3.63, 3.8) is 0 Å². The van der Waals surface area contributed by atoms with Gasteiger partial charge in [0.25, 0.3) is 0 Å². The molecule has 3 aromatic rings. The van der Waals surface area contributed by atoms with E-state index in [1.165, 1.54) is 6.07 Å². The highest BCUT2D eigenvalue weighted by atomic mass is 19.1. The van der Waals surface area contributed by atoms with Gasteiger partial charge in [-0.05, 0) is 49.9 Å². The summed E-state index contributed by atoms with van der Waals surface area (Å²) >= 11 is 0. The molecule has 1 saturated heterocycles. The van der Waals surface area contributed by atoms with Crippen LogP contribution in [-0.4, -0.2) is 64.9 Å². The van der Waals surface area contributed by atoms with E-state index in [1.807, 2.05) is 30.3 Å². The Kier molecular flexibility index (Phi) is 10.7. The quantitative estimate of drug-likeness (QED) is 0.263. The van der Waals surface area contributed by atoms with Gasteiger partial charge < -0.3 is 19.3 Å². The molecule has 2 atom stereocenters. The van der Waals surface area contributed by atoms with Crippen molar-refractivity contribution in [2.24, 2.45) is 0 Å². The van der Waals surface area contributed by atoms with E-state index in [2.05, 4.69) is 18.7 Å². The Bertz CT molecular complexity index is 1120. The van der Waals surface area contributed by atoms with Gasteiger partial charge in [-0.3, -0.25) is 4.90 Å². The average Bonchev–Trinajstić information content (AvgIpc) is 3.56. The van der Waals surface area contributed by atoms with Crippen LogP contribution in [0.3, 0.4) is 0 Å². The Morgan fingerprint density at radius 3 is 2.66 bits per heavy atom. The molecule has 1 aliphatic rings. The molecule has 38 heavy (non-hydrogen) atoms. The van der Waals surface area contributed by atoms with Crippen LogP contribution < -0.4 is 4.74 Å². The van der Waals surface area contributed by atoms with Crippen molar-refractivity contribution in [2.45, 2.75) is 64.7 Å². The molecule has 1 N–H and O–H groups in total. The lowest BCUT2D eigenvalue weighted by molar-refractivity contribution is 0.00135.